The number of benzene rings is 1. The van der Waals surface area contributed by atoms with Crippen LogP contribution in [0, 0.1) is 13.8 Å². The van der Waals surface area contributed by atoms with Gasteiger partial charge in [-0.15, -0.1) is 0 Å². The number of carbonyl (C=O) groups excluding carboxylic acids is 4. The summed E-state index contributed by atoms with van der Waals surface area (Å²) in [4.78, 5) is 50.1. The zero-order chi connectivity index (χ0) is 20.5. The first-order valence-corrected chi connectivity index (χ1v) is 9.43. The molecule has 2 aliphatic rings. The minimum Gasteiger partial charge on any atom is -0.451 e. The van der Waals surface area contributed by atoms with Gasteiger partial charge in [0.15, 0.2) is 6.10 Å². The summed E-state index contributed by atoms with van der Waals surface area (Å²) in [5.74, 6) is -1.68. The van der Waals surface area contributed by atoms with Crippen molar-refractivity contribution in [1.29, 1.82) is 0 Å². The smallest absolute Gasteiger partial charge is 0.327 e. The van der Waals surface area contributed by atoms with Gasteiger partial charge in [-0.25, -0.2) is 4.79 Å². The lowest BCUT2D eigenvalue weighted by molar-refractivity contribution is -0.155. The monoisotopic (exact) mass is 387 g/mol. The summed E-state index contributed by atoms with van der Waals surface area (Å²) < 4.78 is 5.13. The molecule has 0 aromatic heterocycles. The Balaban J connectivity index is 1.56. The maximum Gasteiger partial charge on any atom is 0.327 e. The molecule has 1 heterocycles. The molecule has 3 rings (SSSR count). The Labute approximate surface area is 163 Å². The summed E-state index contributed by atoms with van der Waals surface area (Å²) >= 11 is 0. The van der Waals surface area contributed by atoms with Crippen LogP contribution in [0.3, 0.4) is 0 Å². The molecule has 1 saturated heterocycles. The normalized spacial score (nSPS) is 18.9. The van der Waals surface area contributed by atoms with E-state index >= 15 is 0 Å². The van der Waals surface area contributed by atoms with Gasteiger partial charge in [0.25, 0.3) is 11.8 Å². The molecule has 28 heavy (non-hydrogen) atoms. The van der Waals surface area contributed by atoms with Crippen molar-refractivity contribution in [3.05, 3.63) is 29.3 Å². The zero-order valence-corrected chi connectivity index (χ0v) is 16.3. The van der Waals surface area contributed by atoms with E-state index in [1.807, 2.05) is 26.0 Å². The van der Waals surface area contributed by atoms with Gasteiger partial charge < -0.3 is 15.4 Å². The Kier molecular flexibility index (Phi) is 5.40. The van der Waals surface area contributed by atoms with Gasteiger partial charge >= 0.3 is 12.0 Å². The molecule has 150 valence electrons. The predicted molar refractivity (Wildman–Crippen MR) is 102 cm³/mol. The molecular formula is C20H25N3O5. The molecule has 0 unspecified atom stereocenters. The van der Waals surface area contributed by atoms with E-state index < -0.39 is 36.1 Å². The molecule has 1 saturated carbocycles. The van der Waals surface area contributed by atoms with Crippen molar-refractivity contribution < 1.29 is 23.9 Å². The fourth-order valence-corrected chi connectivity index (χ4v) is 3.74. The highest BCUT2D eigenvalue weighted by molar-refractivity contribution is 6.09. The standard InChI is InChI=1S/C20H25N3O5/c1-12-6-7-15(13(2)10-12)21-17(25)14(3)28-16(24)11-23-18(26)20(22-19(23)27)8-4-5-9-20/h6-7,10,14H,4-5,8-9,11H2,1-3H3,(H,21,25)(H,22,27)/t14-/m1/s1. The van der Waals surface area contributed by atoms with Gasteiger partial charge in [-0.1, -0.05) is 30.5 Å². The summed E-state index contributed by atoms with van der Waals surface area (Å²) in [6, 6.07) is 5.00. The van der Waals surface area contributed by atoms with Crippen molar-refractivity contribution in [1.82, 2.24) is 10.2 Å². The SMILES string of the molecule is Cc1ccc(NC(=O)[C@@H](C)OC(=O)CN2C(=O)NC3(CCCC3)C2=O)c(C)c1. The maximum atomic E-state index is 12.6. The Bertz CT molecular complexity index is 829. The number of carbonyl (C=O) groups is 4. The molecule has 1 spiro atoms. The Morgan fingerprint density at radius 1 is 1.25 bits per heavy atom. The highest BCUT2D eigenvalue weighted by atomic mass is 16.5. The molecule has 1 aliphatic carbocycles. The van der Waals surface area contributed by atoms with E-state index in [1.54, 1.807) is 6.07 Å². The number of urea groups is 1. The molecule has 8 nitrogen and oxygen atoms in total. The second-order valence-electron chi connectivity index (χ2n) is 7.55. The van der Waals surface area contributed by atoms with E-state index in [4.69, 9.17) is 4.74 Å². The summed E-state index contributed by atoms with van der Waals surface area (Å²) in [5.41, 5.74) is 1.73. The Hall–Kier alpha value is -2.90. The molecule has 8 heteroatoms. The Morgan fingerprint density at radius 3 is 2.57 bits per heavy atom. The zero-order valence-electron chi connectivity index (χ0n) is 16.3. The summed E-state index contributed by atoms with van der Waals surface area (Å²) in [6.45, 7) is 4.76. The summed E-state index contributed by atoms with van der Waals surface area (Å²) in [6.07, 6.45) is 1.82. The van der Waals surface area contributed by atoms with Crippen LogP contribution in [-0.2, 0) is 19.1 Å². The molecule has 1 aliphatic heterocycles. The first-order chi connectivity index (χ1) is 13.2. The number of imide groups is 1. The third-order valence-corrected chi connectivity index (χ3v) is 5.31. The topological polar surface area (TPSA) is 105 Å². The van der Waals surface area contributed by atoms with Crippen molar-refractivity contribution in [3.63, 3.8) is 0 Å². The van der Waals surface area contributed by atoms with Gasteiger partial charge in [-0.2, -0.15) is 0 Å². The van der Waals surface area contributed by atoms with Crippen molar-refractivity contribution in [2.24, 2.45) is 0 Å². The number of nitrogens with one attached hydrogen (secondary N) is 2. The van der Waals surface area contributed by atoms with Gasteiger partial charge in [0.05, 0.1) is 0 Å². The van der Waals surface area contributed by atoms with Crippen LogP contribution in [0.25, 0.3) is 0 Å². The number of anilines is 1. The van der Waals surface area contributed by atoms with Crippen LogP contribution in [-0.4, -0.2) is 46.9 Å². The van der Waals surface area contributed by atoms with Crippen LogP contribution < -0.4 is 10.6 Å². The number of esters is 1. The van der Waals surface area contributed by atoms with Crippen molar-refractivity contribution >= 4 is 29.5 Å². The third kappa shape index (κ3) is 3.85. The minimum absolute atomic E-state index is 0.390. The number of hydrogen-bond donors (Lipinski definition) is 2. The molecule has 1 atom stereocenters. The Morgan fingerprint density at radius 2 is 1.93 bits per heavy atom. The van der Waals surface area contributed by atoms with Gasteiger partial charge in [0.2, 0.25) is 0 Å². The van der Waals surface area contributed by atoms with Crippen LogP contribution >= 0.6 is 0 Å². The number of ether oxygens (including phenoxy) is 1. The fourth-order valence-electron chi connectivity index (χ4n) is 3.74. The summed E-state index contributed by atoms with van der Waals surface area (Å²) in [7, 11) is 0. The van der Waals surface area contributed by atoms with Crippen molar-refractivity contribution in [3.8, 4) is 0 Å². The third-order valence-electron chi connectivity index (χ3n) is 5.31. The molecule has 1 aromatic carbocycles. The highest BCUT2D eigenvalue weighted by Crippen LogP contribution is 2.34. The van der Waals surface area contributed by atoms with Gasteiger partial charge in [0.1, 0.15) is 12.1 Å². The molecule has 2 N–H and O–H groups in total. The van der Waals surface area contributed by atoms with Crippen LogP contribution in [0.5, 0.6) is 0 Å². The number of rotatable bonds is 5. The lowest BCUT2D eigenvalue weighted by Crippen LogP contribution is -2.44. The van der Waals surface area contributed by atoms with E-state index in [0.717, 1.165) is 28.9 Å². The van der Waals surface area contributed by atoms with Crippen LogP contribution in [0.15, 0.2) is 18.2 Å². The van der Waals surface area contributed by atoms with Crippen LogP contribution in [0.2, 0.25) is 0 Å². The minimum atomic E-state index is -1.06. The lowest BCUT2D eigenvalue weighted by atomic mass is 9.98. The first kappa shape index (κ1) is 19.9. The quantitative estimate of drug-likeness (QED) is 0.594. The van der Waals surface area contributed by atoms with E-state index in [-0.39, 0.29) is 5.91 Å². The van der Waals surface area contributed by atoms with E-state index in [0.29, 0.717) is 18.5 Å². The van der Waals surface area contributed by atoms with Gasteiger partial charge in [0, 0.05) is 5.69 Å². The second kappa shape index (κ2) is 7.61. The van der Waals surface area contributed by atoms with Crippen LogP contribution in [0.4, 0.5) is 10.5 Å². The van der Waals surface area contributed by atoms with Gasteiger partial charge in [-0.05, 0) is 45.2 Å². The number of hydrogen-bond acceptors (Lipinski definition) is 5. The molecule has 1 aromatic rings. The van der Waals surface area contributed by atoms with E-state index in [9.17, 15) is 19.2 Å². The molecule has 0 bridgehead atoms. The van der Waals surface area contributed by atoms with Gasteiger partial charge in [-0.3, -0.25) is 19.3 Å². The fraction of sp³-hybridized carbons (Fsp3) is 0.500. The van der Waals surface area contributed by atoms with Crippen molar-refractivity contribution in [2.45, 2.75) is 58.1 Å². The highest BCUT2D eigenvalue weighted by Gasteiger charge is 2.52. The van der Waals surface area contributed by atoms with E-state index in [1.165, 1.54) is 6.92 Å². The van der Waals surface area contributed by atoms with Crippen LogP contribution in [0.1, 0.15) is 43.7 Å². The first-order valence-electron chi connectivity index (χ1n) is 9.43. The van der Waals surface area contributed by atoms with E-state index in [2.05, 4.69) is 10.6 Å². The average Bonchev–Trinajstić information content (AvgIpc) is 3.18. The molecule has 0 radical (unpaired) electrons. The number of nitrogens with zero attached hydrogens (tertiary/aromatic N) is 1. The molecule has 2 fully saturated rings. The number of aryl methyl sites for hydroxylation is 2. The summed E-state index contributed by atoms with van der Waals surface area (Å²) in [5, 5.41) is 5.42. The number of amides is 4. The average molecular weight is 387 g/mol. The maximum absolute atomic E-state index is 12.6. The van der Waals surface area contributed by atoms with Crippen molar-refractivity contribution in [2.75, 3.05) is 11.9 Å². The second-order valence-corrected chi connectivity index (χ2v) is 7.55. The lowest BCUT2D eigenvalue weighted by Gasteiger charge is -2.20. The largest absolute Gasteiger partial charge is 0.451 e. The molecule has 4 amide bonds. The predicted octanol–water partition coefficient (Wildman–Crippen LogP) is 2.04. The molecular weight excluding hydrogens is 362 g/mol.